The Hall–Kier alpha value is -1.06. The number of nitrogen functional groups attached to an aromatic ring is 1. The molecule has 1 fully saturated rings. The predicted molar refractivity (Wildman–Crippen MR) is 86.9 cm³/mol. The molecule has 1 unspecified atom stereocenters. The molecule has 0 bridgehead atoms. The summed E-state index contributed by atoms with van der Waals surface area (Å²) in [5, 5.41) is 0. The second kappa shape index (κ2) is 7.65. The van der Waals surface area contributed by atoms with Gasteiger partial charge < -0.3 is 10.6 Å². The van der Waals surface area contributed by atoms with Crippen LogP contribution in [0.4, 0.5) is 5.69 Å². The average Bonchev–Trinajstić information content (AvgIpc) is 2.49. The Morgan fingerprint density at radius 2 is 1.75 bits per heavy atom. The highest BCUT2D eigenvalue weighted by Gasteiger charge is 2.19. The molecule has 1 atom stereocenters. The summed E-state index contributed by atoms with van der Waals surface area (Å²) in [7, 11) is 0. The minimum atomic E-state index is 0.743. The molecule has 20 heavy (non-hydrogen) atoms. The lowest BCUT2D eigenvalue weighted by atomic mass is 10.1. The van der Waals surface area contributed by atoms with Crippen LogP contribution in [0, 0.1) is 0 Å². The molecule has 2 rings (SSSR count). The molecule has 1 heterocycles. The van der Waals surface area contributed by atoms with Crippen LogP contribution < -0.4 is 5.73 Å². The van der Waals surface area contributed by atoms with Crippen LogP contribution in [0.15, 0.2) is 24.3 Å². The van der Waals surface area contributed by atoms with Crippen molar-refractivity contribution in [3.8, 4) is 0 Å². The SMILES string of the molecule is CCC(C)N1CCN(CCCc2ccc(N)cc2)CC1. The van der Waals surface area contributed by atoms with Gasteiger partial charge in [0.25, 0.3) is 0 Å². The van der Waals surface area contributed by atoms with Crippen molar-refractivity contribution in [3.05, 3.63) is 29.8 Å². The maximum absolute atomic E-state index is 5.71. The highest BCUT2D eigenvalue weighted by molar-refractivity contribution is 5.39. The van der Waals surface area contributed by atoms with E-state index in [0.29, 0.717) is 0 Å². The predicted octanol–water partition coefficient (Wildman–Crippen LogP) is 2.62. The summed E-state index contributed by atoms with van der Waals surface area (Å²) < 4.78 is 0. The topological polar surface area (TPSA) is 32.5 Å². The first-order valence-corrected chi connectivity index (χ1v) is 8.00. The van der Waals surface area contributed by atoms with E-state index in [9.17, 15) is 0 Å². The van der Waals surface area contributed by atoms with E-state index in [1.54, 1.807) is 0 Å². The Labute approximate surface area is 123 Å². The molecule has 3 heteroatoms. The summed E-state index contributed by atoms with van der Waals surface area (Å²) in [6.45, 7) is 10.8. The van der Waals surface area contributed by atoms with Gasteiger partial charge in [0.05, 0.1) is 0 Å². The molecule has 1 aliphatic rings. The molecule has 2 N–H and O–H groups in total. The Kier molecular flexibility index (Phi) is 5.86. The van der Waals surface area contributed by atoms with Crippen LogP contribution in [0.2, 0.25) is 0 Å². The first kappa shape index (κ1) is 15.3. The number of nitrogens with zero attached hydrogens (tertiary/aromatic N) is 2. The van der Waals surface area contributed by atoms with Crippen molar-refractivity contribution >= 4 is 5.69 Å². The lowest BCUT2D eigenvalue weighted by molar-refractivity contribution is 0.1000. The van der Waals surface area contributed by atoms with Crippen LogP contribution in [0.1, 0.15) is 32.3 Å². The van der Waals surface area contributed by atoms with E-state index in [1.165, 1.54) is 51.1 Å². The molecule has 0 aromatic heterocycles. The van der Waals surface area contributed by atoms with Crippen LogP contribution in [-0.2, 0) is 6.42 Å². The fourth-order valence-electron chi connectivity index (χ4n) is 2.88. The molecule has 1 aliphatic heterocycles. The fourth-order valence-corrected chi connectivity index (χ4v) is 2.88. The third kappa shape index (κ3) is 4.50. The van der Waals surface area contributed by atoms with Crippen molar-refractivity contribution in [1.82, 2.24) is 9.80 Å². The van der Waals surface area contributed by atoms with Gasteiger partial charge in [-0.15, -0.1) is 0 Å². The number of piperazine rings is 1. The molecule has 0 saturated carbocycles. The van der Waals surface area contributed by atoms with Crippen LogP contribution in [0.5, 0.6) is 0 Å². The number of benzene rings is 1. The zero-order chi connectivity index (χ0) is 14.4. The number of hydrogen-bond acceptors (Lipinski definition) is 3. The summed E-state index contributed by atoms with van der Waals surface area (Å²) in [6, 6.07) is 9.04. The molecule has 3 nitrogen and oxygen atoms in total. The number of rotatable bonds is 6. The van der Waals surface area contributed by atoms with Crippen molar-refractivity contribution in [2.75, 3.05) is 38.5 Å². The highest BCUT2D eigenvalue weighted by Crippen LogP contribution is 2.11. The molecular weight excluding hydrogens is 246 g/mol. The van der Waals surface area contributed by atoms with E-state index in [4.69, 9.17) is 5.73 Å². The standard InChI is InChI=1S/C17H29N3/c1-3-15(2)20-13-11-19(12-14-20)10-4-5-16-6-8-17(18)9-7-16/h6-9,15H,3-5,10-14,18H2,1-2H3. The second-order valence-corrected chi connectivity index (χ2v) is 5.98. The monoisotopic (exact) mass is 275 g/mol. The van der Waals surface area contributed by atoms with Crippen LogP contribution in [0.25, 0.3) is 0 Å². The van der Waals surface area contributed by atoms with Gasteiger partial charge in [0, 0.05) is 37.9 Å². The number of aryl methyl sites for hydroxylation is 1. The Bertz CT molecular complexity index is 380. The summed E-state index contributed by atoms with van der Waals surface area (Å²) in [6.07, 6.45) is 3.66. The quantitative estimate of drug-likeness (QED) is 0.810. The molecule has 1 saturated heterocycles. The van der Waals surface area contributed by atoms with Gasteiger partial charge >= 0.3 is 0 Å². The largest absolute Gasteiger partial charge is 0.399 e. The van der Waals surface area contributed by atoms with Gasteiger partial charge in [-0.05, 0) is 50.4 Å². The van der Waals surface area contributed by atoms with Crippen molar-refractivity contribution in [1.29, 1.82) is 0 Å². The van der Waals surface area contributed by atoms with Gasteiger partial charge in [0.15, 0.2) is 0 Å². The number of anilines is 1. The number of hydrogen-bond donors (Lipinski definition) is 1. The second-order valence-electron chi connectivity index (χ2n) is 5.98. The molecule has 1 aromatic carbocycles. The van der Waals surface area contributed by atoms with E-state index in [-0.39, 0.29) is 0 Å². The van der Waals surface area contributed by atoms with Crippen molar-refractivity contribution in [2.45, 2.75) is 39.2 Å². The van der Waals surface area contributed by atoms with E-state index in [0.717, 1.165) is 18.2 Å². The van der Waals surface area contributed by atoms with Crippen LogP contribution in [-0.4, -0.2) is 48.6 Å². The van der Waals surface area contributed by atoms with Gasteiger partial charge in [-0.2, -0.15) is 0 Å². The number of nitrogens with two attached hydrogens (primary N) is 1. The van der Waals surface area contributed by atoms with E-state index >= 15 is 0 Å². The first-order chi connectivity index (χ1) is 9.69. The van der Waals surface area contributed by atoms with Gasteiger partial charge in [-0.3, -0.25) is 4.90 Å². The zero-order valence-corrected chi connectivity index (χ0v) is 13.0. The summed E-state index contributed by atoms with van der Waals surface area (Å²) in [4.78, 5) is 5.23. The van der Waals surface area contributed by atoms with E-state index in [1.807, 2.05) is 12.1 Å². The van der Waals surface area contributed by atoms with Crippen molar-refractivity contribution < 1.29 is 0 Å². The van der Waals surface area contributed by atoms with E-state index < -0.39 is 0 Å². The third-order valence-corrected chi connectivity index (χ3v) is 4.54. The lowest BCUT2D eigenvalue weighted by Gasteiger charge is -2.37. The zero-order valence-electron chi connectivity index (χ0n) is 13.0. The molecule has 0 radical (unpaired) electrons. The van der Waals surface area contributed by atoms with Gasteiger partial charge in [0.1, 0.15) is 0 Å². The Morgan fingerprint density at radius 1 is 1.10 bits per heavy atom. The third-order valence-electron chi connectivity index (χ3n) is 4.54. The highest BCUT2D eigenvalue weighted by atomic mass is 15.3. The fraction of sp³-hybridized carbons (Fsp3) is 0.647. The minimum Gasteiger partial charge on any atom is -0.399 e. The Balaban J connectivity index is 1.65. The molecule has 0 spiro atoms. The summed E-state index contributed by atoms with van der Waals surface area (Å²) >= 11 is 0. The molecule has 112 valence electrons. The minimum absolute atomic E-state index is 0.743. The smallest absolute Gasteiger partial charge is 0.0314 e. The van der Waals surface area contributed by atoms with Gasteiger partial charge in [-0.25, -0.2) is 0 Å². The van der Waals surface area contributed by atoms with Gasteiger partial charge in [-0.1, -0.05) is 19.1 Å². The average molecular weight is 275 g/mol. The molecule has 1 aromatic rings. The maximum Gasteiger partial charge on any atom is 0.0314 e. The Morgan fingerprint density at radius 3 is 2.35 bits per heavy atom. The first-order valence-electron chi connectivity index (χ1n) is 8.00. The maximum atomic E-state index is 5.71. The molecule has 0 amide bonds. The summed E-state index contributed by atoms with van der Waals surface area (Å²) in [5.41, 5.74) is 7.96. The van der Waals surface area contributed by atoms with Crippen LogP contribution in [0.3, 0.4) is 0 Å². The van der Waals surface area contributed by atoms with Crippen molar-refractivity contribution in [2.24, 2.45) is 0 Å². The lowest BCUT2D eigenvalue weighted by Crippen LogP contribution is -2.49. The van der Waals surface area contributed by atoms with Crippen LogP contribution >= 0.6 is 0 Å². The summed E-state index contributed by atoms with van der Waals surface area (Å²) in [5.74, 6) is 0. The molecule has 0 aliphatic carbocycles. The van der Waals surface area contributed by atoms with Crippen molar-refractivity contribution in [3.63, 3.8) is 0 Å². The van der Waals surface area contributed by atoms with Gasteiger partial charge in [0.2, 0.25) is 0 Å². The normalized spacial score (nSPS) is 19.1. The van der Waals surface area contributed by atoms with E-state index in [2.05, 4.69) is 35.8 Å². The molecular formula is C17H29N3.